The molecule has 1 atom stereocenters. The molecule has 3 rings (SSSR count). The third-order valence-electron chi connectivity index (χ3n) is 3.52. The molecule has 5 heteroatoms. The second-order valence-corrected chi connectivity index (χ2v) is 4.81. The average Bonchev–Trinajstić information content (AvgIpc) is 3.00. The number of rotatable bonds is 4. The first-order valence-corrected chi connectivity index (χ1v) is 6.86. The Hall–Kier alpha value is -2.53. The highest BCUT2D eigenvalue weighted by molar-refractivity contribution is 5.36. The van der Waals surface area contributed by atoms with Crippen LogP contribution in [0.4, 0.5) is 0 Å². The van der Waals surface area contributed by atoms with E-state index in [0.717, 1.165) is 22.6 Å². The van der Waals surface area contributed by atoms with Crippen molar-refractivity contribution >= 4 is 0 Å². The standard InChI is InChI=1S/C16H17N5/c1-12-14(9-6-10-18-12)16(17-2)15-11-19-20-21(15)13-7-4-3-5-8-13/h3-11,16-17H,1-2H3. The van der Waals surface area contributed by atoms with E-state index in [1.807, 2.05) is 55.1 Å². The molecule has 2 heterocycles. The Kier molecular flexibility index (Phi) is 3.75. The maximum atomic E-state index is 4.37. The monoisotopic (exact) mass is 279 g/mol. The van der Waals surface area contributed by atoms with E-state index in [1.54, 1.807) is 12.4 Å². The van der Waals surface area contributed by atoms with Gasteiger partial charge in [-0.15, -0.1) is 5.10 Å². The van der Waals surface area contributed by atoms with Crippen LogP contribution >= 0.6 is 0 Å². The highest BCUT2D eigenvalue weighted by Crippen LogP contribution is 2.24. The number of benzene rings is 1. The molecule has 0 aliphatic carbocycles. The fourth-order valence-corrected chi connectivity index (χ4v) is 2.47. The molecule has 1 unspecified atom stereocenters. The van der Waals surface area contributed by atoms with Crippen LogP contribution in [-0.2, 0) is 0 Å². The van der Waals surface area contributed by atoms with Crippen molar-refractivity contribution in [2.24, 2.45) is 0 Å². The first-order valence-electron chi connectivity index (χ1n) is 6.86. The van der Waals surface area contributed by atoms with Crippen molar-refractivity contribution in [3.8, 4) is 5.69 Å². The van der Waals surface area contributed by atoms with Gasteiger partial charge in [-0.25, -0.2) is 4.68 Å². The third kappa shape index (κ3) is 2.55. The fourth-order valence-electron chi connectivity index (χ4n) is 2.47. The normalized spacial score (nSPS) is 12.3. The van der Waals surface area contributed by atoms with Crippen LogP contribution in [0.5, 0.6) is 0 Å². The zero-order chi connectivity index (χ0) is 14.7. The van der Waals surface area contributed by atoms with Crippen LogP contribution in [0.1, 0.15) is 23.0 Å². The Morgan fingerprint density at radius 1 is 1.10 bits per heavy atom. The molecule has 21 heavy (non-hydrogen) atoms. The predicted octanol–water partition coefficient (Wildman–Crippen LogP) is 2.28. The van der Waals surface area contributed by atoms with Gasteiger partial charge in [0.05, 0.1) is 23.6 Å². The number of nitrogens with one attached hydrogen (secondary N) is 1. The lowest BCUT2D eigenvalue weighted by Crippen LogP contribution is -2.22. The molecule has 0 bridgehead atoms. The molecule has 0 aliphatic rings. The molecule has 5 nitrogen and oxygen atoms in total. The van der Waals surface area contributed by atoms with Gasteiger partial charge in [0.25, 0.3) is 0 Å². The summed E-state index contributed by atoms with van der Waals surface area (Å²) in [5.41, 5.74) is 4.10. The lowest BCUT2D eigenvalue weighted by atomic mass is 10.0. The van der Waals surface area contributed by atoms with Crippen molar-refractivity contribution in [1.82, 2.24) is 25.3 Å². The first kappa shape index (κ1) is 13.5. The number of hydrogen-bond acceptors (Lipinski definition) is 4. The third-order valence-corrected chi connectivity index (χ3v) is 3.52. The number of para-hydroxylation sites is 1. The van der Waals surface area contributed by atoms with Crippen molar-refractivity contribution in [2.75, 3.05) is 7.05 Å². The van der Waals surface area contributed by atoms with Crippen LogP contribution in [0, 0.1) is 6.92 Å². The van der Waals surface area contributed by atoms with Crippen LogP contribution in [0.25, 0.3) is 5.69 Å². The van der Waals surface area contributed by atoms with Crippen molar-refractivity contribution in [3.63, 3.8) is 0 Å². The van der Waals surface area contributed by atoms with Gasteiger partial charge in [0.15, 0.2) is 0 Å². The van der Waals surface area contributed by atoms with Gasteiger partial charge >= 0.3 is 0 Å². The van der Waals surface area contributed by atoms with Gasteiger partial charge in [-0.1, -0.05) is 29.5 Å². The molecule has 0 fully saturated rings. The van der Waals surface area contributed by atoms with Gasteiger partial charge in [-0.3, -0.25) is 4.98 Å². The van der Waals surface area contributed by atoms with E-state index in [1.165, 1.54) is 0 Å². The molecule has 0 saturated heterocycles. The molecule has 1 aromatic carbocycles. The van der Waals surface area contributed by atoms with Crippen molar-refractivity contribution in [2.45, 2.75) is 13.0 Å². The molecular weight excluding hydrogens is 262 g/mol. The van der Waals surface area contributed by atoms with Crippen LogP contribution in [0.15, 0.2) is 54.9 Å². The summed E-state index contributed by atoms with van der Waals surface area (Å²) < 4.78 is 1.85. The lowest BCUT2D eigenvalue weighted by Gasteiger charge is -2.19. The molecule has 0 aliphatic heterocycles. The summed E-state index contributed by atoms with van der Waals surface area (Å²) >= 11 is 0. The van der Waals surface area contributed by atoms with E-state index in [-0.39, 0.29) is 6.04 Å². The molecule has 0 radical (unpaired) electrons. The summed E-state index contributed by atoms with van der Waals surface area (Å²) in [6.45, 7) is 2.01. The van der Waals surface area contributed by atoms with Gasteiger partial charge in [0, 0.05) is 11.9 Å². The predicted molar refractivity (Wildman–Crippen MR) is 81.2 cm³/mol. The first-order chi connectivity index (χ1) is 10.3. The average molecular weight is 279 g/mol. The number of pyridine rings is 1. The highest BCUT2D eigenvalue weighted by atomic mass is 15.4. The smallest absolute Gasteiger partial charge is 0.0861 e. The van der Waals surface area contributed by atoms with Crippen LogP contribution in [0.2, 0.25) is 0 Å². The maximum Gasteiger partial charge on any atom is 0.0861 e. The molecule has 1 N–H and O–H groups in total. The molecular formula is C16H17N5. The van der Waals surface area contributed by atoms with Crippen LogP contribution in [-0.4, -0.2) is 27.0 Å². The fraction of sp³-hybridized carbons (Fsp3) is 0.188. The zero-order valence-electron chi connectivity index (χ0n) is 12.1. The molecule has 0 saturated carbocycles. The summed E-state index contributed by atoms with van der Waals surface area (Å²) in [5.74, 6) is 0. The van der Waals surface area contributed by atoms with E-state index in [9.17, 15) is 0 Å². The molecule has 2 aromatic heterocycles. The van der Waals surface area contributed by atoms with Crippen LogP contribution in [0.3, 0.4) is 0 Å². The van der Waals surface area contributed by atoms with Gasteiger partial charge in [0.1, 0.15) is 0 Å². The zero-order valence-corrected chi connectivity index (χ0v) is 12.1. The lowest BCUT2D eigenvalue weighted by molar-refractivity contribution is 0.628. The van der Waals surface area contributed by atoms with Gasteiger partial charge in [-0.05, 0) is 37.7 Å². The summed E-state index contributed by atoms with van der Waals surface area (Å²) in [5, 5.41) is 11.6. The Morgan fingerprint density at radius 3 is 2.62 bits per heavy atom. The number of hydrogen-bond donors (Lipinski definition) is 1. The van der Waals surface area contributed by atoms with Gasteiger partial charge in [0.2, 0.25) is 0 Å². The second-order valence-electron chi connectivity index (χ2n) is 4.81. The molecule has 106 valence electrons. The topological polar surface area (TPSA) is 55.6 Å². The summed E-state index contributed by atoms with van der Waals surface area (Å²) in [7, 11) is 1.93. The van der Waals surface area contributed by atoms with Crippen molar-refractivity contribution < 1.29 is 0 Å². The van der Waals surface area contributed by atoms with E-state index < -0.39 is 0 Å². The van der Waals surface area contributed by atoms with Gasteiger partial charge < -0.3 is 5.32 Å². The van der Waals surface area contributed by atoms with E-state index >= 15 is 0 Å². The minimum absolute atomic E-state index is 0.00564. The van der Waals surface area contributed by atoms with Crippen LogP contribution < -0.4 is 5.32 Å². The highest BCUT2D eigenvalue weighted by Gasteiger charge is 2.20. The Morgan fingerprint density at radius 2 is 1.90 bits per heavy atom. The van der Waals surface area contributed by atoms with E-state index in [4.69, 9.17) is 0 Å². The van der Waals surface area contributed by atoms with Crippen molar-refractivity contribution in [1.29, 1.82) is 0 Å². The Labute approximate surface area is 123 Å². The van der Waals surface area contributed by atoms with E-state index in [2.05, 4.69) is 26.7 Å². The number of nitrogens with zero attached hydrogens (tertiary/aromatic N) is 4. The van der Waals surface area contributed by atoms with Crippen molar-refractivity contribution in [3.05, 3.63) is 71.8 Å². The second kappa shape index (κ2) is 5.85. The maximum absolute atomic E-state index is 4.37. The van der Waals surface area contributed by atoms with Gasteiger partial charge in [-0.2, -0.15) is 0 Å². The molecule has 0 amide bonds. The quantitative estimate of drug-likeness (QED) is 0.796. The minimum Gasteiger partial charge on any atom is -0.308 e. The number of aryl methyl sites for hydroxylation is 1. The Bertz CT molecular complexity index is 720. The molecule has 3 aromatic rings. The summed E-state index contributed by atoms with van der Waals surface area (Å²) in [6, 6.07) is 14.0. The summed E-state index contributed by atoms with van der Waals surface area (Å²) in [6.07, 6.45) is 3.60. The number of aromatic nitrogens is 4. The van der Waals surface area contributed by atoms with E-state index in [0.29, 0.717) is 0 Å². The Balaban J connectivity index is 2.08. The SMILES string of the molecule is CNC(c1cccnc1C)c1cnnn1-c1ccccc1. The molecule has 0 spiro atoms. The largest absolute Gasteiger partial charge is 0.308 e. The summed E-state index contributed by atoms with van der Waals surface area (Å²) in [4.78, 5) is 4.37. The minimum atomic E-state index is -0.00564.